The second-order valence-electron chi connectivity index (χ2n) is 16.2. The van der Waals surface area contributed by atoms with Gasteiger partial charge in [0.15, 0.2) is 8.32 Å². The molecule has 0 amide bonds. The van der Waals surface area contributed by atoms with Crippen LogP contribution in [0.25, 0.3) is 0 Å². The Morgan fingerprint density at radius 3 is 2.15 bits per heavy atom. The first kappa shape index (κ1) is 35.0. The van der Waals surface area contributed by atoms with Crippen molar-refractivity contribution in [2.24, 2.45) is 5.41 Å². The van der Waals surface area contributed by atoms with Crippen molar-refractivity contribution in [2.75, 3.05) is 13.2 Å². The van der Waals surface area contributed by atoms with Crippen molar-refractivity contribution in [3.05, 3.63) is 57.9 Å². The van der Waals surface area contributed by atoms with Gasteiger partial charge in [-0.05, 0) is 86.2 Å². The van der Waals surface area contributed by atoms with Gasteiger partial charge in [0.05, 0.1) is 11.8 Å². The van der Waals surface area contributed by atoms with Gasteiger partial charge in [-0.3, -0.25) is 4.98 Å². The van der Waals surface area contributed by atoms with Crippen LogP contribution < -0.4 is 0 Å². The Labute approximate surface area is 284 Å². The number of hydrogen-bond donors (Lipinski definition) is 0. The first-order chi connectivity index (χ1) is 20.9. The fraction of sp³-hybridized carbons (Fsp3) is 0.676. The molecule has 4 nitrogen and oxygen atoms in total. The molecule has 1 saturated heterocycles. The molecule has 1 saturated carbocycles. The standard InChI is InChI=1S/C34H47F5INO3SSi/c1-32(2,3)46(6,7)44-25-20-33(4,5)19-24-27(25)29-28(30(41-24)21-14-17-42-18-15-21)31(43-34(29)16-8-9-26(34)40)22-10-12-23(13-11-22)45(35,36,37,38)39/h10-13,21,25-26,31H,8-9,14-20H2,1-7H3/t25?,26?,31-,34?/m1/s1. The van der Waals surface area contributed by atoms with Crippen molar-refractivity contribution in [1.29, 1.82) is 0 Å². The summed E-state index contributed by atoms with van der Waals surface area (Å²) in [5.41, 5.74) is 4.79. The number of benzene rings is 1. The second kappa shape index (κ2) is 10.6. The van der Waals surface area contributed by atoms with Crippen LogP contribution in [0.4, 0.5) is 19.4 Å². The molecule has 2 aromatic rings. The molecular formula is C34H47F5INO3SSi. The average Bonchev–Trinajstić information content (AvgIpc) is 3.46. The maximum absolute atomic E-state index is 13.7. The van der Waals surface area contributed by atoms with E-state index < -0.39 is 35.1 Å². The molecule has 1 spiro atoms. The molecule has 12 heteroatoms. The fourth-order valence-corrected chi connectivity index (χ4v) is 10.9. The highest BCUT2D eigenvalue weighted by molar-refractivity contribution is 14.1. The third-order valence-electron chi connectivity index (χ3n) is 11.1. The Hall–Kier alpha value is -0.803. The minimum Gasteiger partial charge on any atom is -0.410 e. The lowest BCUT2D eigenvalue weighted by molar-refractivity contribution is -0.0515. The van der Waals surface area contributed by atoms with Gasteiger partial charge < -0.3 is 13.9 Å². The summed E-state index contributed by atoms with van der Waals surface area (Å²) in [6, 6.07) is 3.40. The van der Waals surface area contributed by atoms with Crippen molar-refractivity contribution in [3.8, 4) is 0 Å². The summed E-state index contributed by atoms with van der Waals surface area (Å²) in [5.74, 6) is 0.0943. The van der Waals surface area contributed by atoms with Gasteiger partial charge >= 0.3 is 10.2 Å². The van der Waals surface area contributed by atoms with E-state index in [0.717, 1.165) is 73.0 Å². The van der Waals surface area contributed by atoms with Crippen molar-refractivity contribution >= 4 is 41.1 Å². The van der Waals surface area contributed by atoms with E-state index in [-0.39, 0.29) is 26.4 Å². The van der Waals surface area contributed by atoms with Crippen LogP contribution in [0.2, 0.25) is 18.1 Å². The Bertz CT molecular complexity index is 1520. The highest BCUT2D eigenvalue weighted by Gasteiger charge is 2.65. The molecule has 6 rings (SSSR count). The van der Waals surface area contributed by atoms with Crippen LogP contribution in [0.5, 0.6) is 0 Å². The van der Waals surface area contributed by atoms with E-state index in [1.165, 1.54) is 12.1 Å². The molecule has 3 heterocycles. The summed E-state index contributed by atoms with van der Waals surface area (Å²) in [6.07, 6.45) is 4.90. The van der Waals surface area contributed by atoms with Crippen molar-refractivity contribution < 1.29 is 33.3 Å². The second-order valence-corrected chi connectivity index (χ2v) is 24.9. The normalized spacial score (nSPS) is 30.2. The molecule has 2 fully saturated rings. The van der Waals surface area contributed by atoms with Crippen molar-refractivity contribution in [1.82, 2.24) is 4.98 Å². The molecular weight excluding hydrogens is 752 g/mol. The number of pyridine rings is 1. The minimum absolute atomic E-state index is 0.0200. The Morgan fingerprint density at radius 1 is 0.978 bits per heavy atom. The number of halogens is 6. The van der Waals surface area contributed by atoms with Gasteiger partial charge in [0.25, 0.3) is 0 Å². The highest BCUT2D eigenvalue weighted by atomic mass is 127. The summed E-state index contributed by atoms with van der Waals surface area (Å²) in [6.45, 7) is 17.0. The summed E-state index contributed by atoms with van der Waals surface area (Å²) in [4.78, 5) is 3.60. The molecule has 2 aliphatic heterocycles. The van der Waals surface area contributed by atoms with Gasteiger partial charge in [0.1, 0.15) is 16.6 Å². The van der Waals surface area contributed by atoms with E-state index >= 15 is 0 Å². The van der Waals surface area contributed by atoms with Crippen molar-refractivity contribution in [2.45, 2.75) is 130 Å². The molecule has 0 bridgehead atoms. The predicted octanol–water partition coefficient (Wildman–Crippen LogP) is 12.0. The van der Waals surface area contributed by atoms with Gasteiger partial charge in [0, 0.05) is 45.4 Å². The van der Waals surface area contributed by atoms with E-state index in [9.17, 15) is 19.4 Å². The Morgan fingerprint density at radius 2 is 1.61 bits per heavy atom. The molecule has 2 aliphatic carbocycles. The molecule has 258 valence electrons. The molecule has 46 heavy (non-hydrogen) atoms. The van der Waals surface area contributed by atoms with E-state index in [1.807, 2.05) is 0 Å². The van der Waals surface area contributed by atoms with E-state index in [1.54, 1.807) is 0 Å². The monoisotopic (exact) mass is 799 g/mol. The molecule has 1 aromatic heterocycles. The van der Waals surface area contributed by atoms with E-state index in [2.05, 4.69) is 70.3 Å². The molecule has 3 unspecified atom stereocenters. The summed E-state index contributed by atoms with van der Waals surface area (Å²) in [5, 5.41) is -0.0200. The largest absolute Gasteiger partial charge is 0.410 e. The zero-order valence-electron chi connectivity index (χ0n) is 27.8. The smallest absolute Gasteiger partial charge is 0.310 e. The van der Waals surface area contributed by atoms with Gasteiger partial charge in [0.2, 0.25) is 0 Å². The molecule has 4 atom stereocenters. The molecule has 0 N–H and O–H groups in total. The fourth-order valence-electron chi connectivity index (χ4n) is 7.74. The van der Waals surface area contributed by atoms with Crippen LogP contribution in [-0.4, -0.2) is 30.4 Å². The number of nitrogens with zero attached hydrogens (tertiary/aromatic N) is 1. The zero-order valence-corrected chi connectivity index (χ0v) is 31.8. The predicted molar refractivity (Wildman–Crippen MR) is 184 cm³/mol. The Kier molecular flexibility index (Phi) is 8.08. The van der Waals surface area contributed by atoms with Gasteiger partial charge in [-0.25, -0.2) is 0 Å². The number of fused-ring (bicyclic) bond motifs is 4. The van der Waals surface area contributed by atoms with Gasteiger partial charge in [-0.1, -0.05) is 88.8 Å². The van der Waals surface area contributed by atoms with Crippen LogP contribution in [-0.2, 0) is 25.9 Å². The average molecular weight is 800 g/mol. The number of hydrogen-bond acceptors (Lipinski definition) is 4. The number of rotatable bonds is 5. The van der Waals surface area contributed by atoms with Crippen LogP contribution in [0.15, 0.2) is 29.2 Å². The van der Waals surface area contributed by atoms with Gasteiger partial charge in [-0.2, -0.15) is 0 Å². The summed E-state index contributed by atoms with van der Waals surface area (Å²) >= 11 is 2.49. The zero-order chi connectivity index (χ0) is 33.8. The molecule has 0 radical (unpaired) electrons. The molecule has 1 aromatic carbocycles. The number of ether oxygens (including phenoxy) is 2. The van der Waals surface area contributed by atoms with E-state index in [0.29, 0.717) is 30.9 Å². The topological polar surface area (TPSA) is 40.6 Å². The van der Waals surface area contributed by atoms with E-state index in [4.69, 9.17) is 18.9 Å². The third kappa shape index (κ3) is 6.22. The van der Waals surface area contributed by atoms with Crippen LogP contribution >= 0.6 is 32.8 Å². The maximum atomic E-state index is 13.7. The number of alkyl halides is 1. The van der Waals surface area contributed by atoms with Crippen molar-refractivity contribution in [3.63, 3.8) is 0 Å². The van der Waals surface area contributed by atoms with Crippen LogP contribution in [0.1, 0.15) is 125 Å². The maximum Gasteiger partial charge on any atom is 0.310 e. The van der Waals surface area contributed by atoms with Crippen LogP contribution in [0.3, 0.4) is 0 Å². The third-order valence-corrected chi connectivity index (χ3v) is 18.4. The SMILES string of the molecule is CC1(C)Cc2nc(C3CCOCC3)c3c(c2C(O[Si](C)(C)C(C)(C)C)C1)C1(CCCC1I)O[C@@H]3c1ccc(S(F)(F)(F)(F)F)cc1. The first-order valence-electron chi connectivity index (χ1n) is 16.4. The lowest BCUT2D eigenvalue weighted by Crippen LogP contribution is -2.44. The number of aromatic nitrogens is 1. The first-order valence-corrected chi connectivity index (χ1v) is 22.5. The minimum atomic E-state index is -9.83. The lowest BCUT2D eigenvalue weighted by Gasteiger charge is -2.46. The Balaban J connectivity index is 1.62. The summed E-state index contributed by atoms with van der Waals surface area (Å²) < 4.78 is 89.0. The van der Waals surface area contributed by atoms with Gasteiger partial charge in [-0.15, -0.1) is 0 Å². The van der Waals surface area contributed by atoms with Crippen LogP contribution in [0, 0.1) is 5.41 Å². The lowest BCUT2D eigenvalue weighted by atomic mass is 9.70. The molecule has 4 aliphatic rings. The highest BCUT2D eigenvalue weighted by Crippen LogP contribution is 3.02. The summed E-state index contributed by atoms with van der Waals surface area (Å²) in [7, 11) is -12.1. The quantitative estimate of drug-likeness (QED) is 0.131.